The molecule has 0 aliphatic heterocycles. The number of ether oxygens (including phenoxy) is 1. The average Bonchev–Trinajstić information content (AvgIpc) is 3.34. The monoisotopic (exact) mass is 303 g/mol. The van der Waals surface area contributed by atoms with Gasteiger partial charge in [-0.15, -0.1) is 0 Å². The summed E-state index contributed by atoms with van der Waals surface area (Å²) in [4.78, 5) is 19.8. The van der Waals surface area contributed by atoms with Crippen molar-refractivity contribution in [3.05, 3.63) is 47.0 Å². The lowest BCUT2D eigenvalue weighted by atomic mass is 10.0. The molecule has 108 valence electrons. The summed E-state index contributed by atoms with van der Waals surface area (Å²) in [5.74, 6) is 0.205. The standard InChI is InChI=1S/C15H14ClN3O2/c1-21-14(20)12-6-10(9-2-3-9)4-5-13(12)19-11-7-17-15(16)18-8-11/h4-9,19H,2-3H2,1H3. The van der Waals surface area contributed by atoms with E-state index in [4.69, 9.17) is 16.3 Å². The van der Waals surface area contributed by atoms with Crippen LogP contribution in [0.3, 0.4) is 0 Å². The van der Waals surface area contributed by atoms with Crippen molar-refractivity contribution in [1.82, 2.24) is 9.97 Å². The van der Waals surface area contributed by atoms with Crippen molar-refractivity contribution in [1.29, 1.82) is 0 Å². The van der Waals surface area contributed by atoms with Gasteiger partial charge in [-0.1, -0.05) is 6.07 Å². The molecule has 1 heterocycles. The number of benzene rings is 1. The Morgan fingerprint density at radius 2 is 2.05 bits per heavy atom. The number of esters is 1. The van der Waals surface area contributed by atoms with Crippen molar-refractivity contribution in [2.75, 3.05) is 12.4 Å². The number of anilines is 2. The second-order valence-corrected chi connectivity index (χ2v) is 5.27. The Balaban J connectivity index is 1.92. The van der Waals surface area contributed by atoms with E-state index >= 15 is 0 Å². The van der Waals surface area contributed by atoms with Crippen LogP contribution in [0.4, 0.5) is 11.4 Å². The molecule has 1 aromatic heterocycles. The average molecular weight is 304 g/mol. The van der Waals surface area contributed by atoms with Crippen molar-refractivity contribution < 1.29 is 9.53 Å². The number of hydrogen-bond acceptors (Lipinski definition) is 5. The largest absolute Gasteiger partial charge is 0.465 e. The van der Waals surface area contributed by atoms with Crippen LogP contribution < -0.4 is 5.32 Å². The first kappa shape index (κ1) is 13.8. The minimum atomic E-state index is -0.366. The number of hydrogen-bond donors (Lipinski definition) is 1. The summed E-state index contributed by atoms with van der Waals surface area (Å²) >= 11 is 5.66. The number of aromatic nitrogens is 2. The number of nitrogens with one attached hydrogen (secondary N) is 1. The van der Waals surface area contributed by atoms with E-state index in [-0.39, 0.29) is 11.3 Å². The first-order valence-electron chi connectivity index (χ1n) is 6.64. The Hall–Kier alpha value is -2.14. The fourth-order valence-corrected chi connectivity index (χ4v) is 2.25. The molecule has 1 saturated carbocycles. The number of methoxy groups -OCH3 is 1. The van der Waals surface area contributed by atoms with E-state index in [1.165, 1.54) is 25.5 Å². The lowest BCUT2D eigenvalue weighted by Gasteiger charge is -2.12. The molecule has 21 heavy (non-hydrogen) atoms. The van der Waals surface area contributed by atoms with Gasteiger partial charge in [-0.3, -0.25) is 0 Å². The van der Waals surface area contributed by atoms with Crippen LogP contribution in [0.5, 0.6) is 0 Å². The number of carbonyl (C=O) groups excluding carboxylic acids is 1. The molecule has 6 heteroatoms. The van der Waals surface area contributed by atoms with Gasteiger partial charge in [0.2, 0.25) is 5.28 Å². The highest BCUT2D eigenvalue weighted by molar-refractivity contribution is 6.28. The summed E-state index contributed by atoms with van der Waals surface area (Å²) in [6, 6.07) is 5.81. The third kappa shape index (κ3) is 3.13. The zero-order valence-corrected chi connectivity index (χ0v) is 12.2. The van der Waals surface area contributed by atoms with Crippen LogP contribution in [-0.4, -0.2) is 23.0 Å². The van der Waals surface area contributed by atoms with E-state index in [9.17, 15) is 4.79 Å². The predicted octanol–water partition coefficient (Wildman–Crippen LogP) is 3.54. The smallest absolute Gasteiger partial charge is 0.339 e. The quantitative estimate of drug-likeness (QED) is 0.691. The van der Waals surface area contributed by atoms with Crippen molar-refractivity contribution in [2.24, 2.45) is 0 Å². The van der Waals surface area contributed by atoms with Crippen LogP contribution in [-0.2, 0) is 4.74 Å². The maximum Gasteiger partial charge on any atom is 0.339 e. The van der Waals surface area contributed by atoms with Crippen LogP contribution >= 0.6 is 11.6 Å². The van der Waals surface area contributed by atoms with E-state index in [0.717, 1.165) is 0 Å². The van der Waals surface area contributed by atoms with Crippen LogP contribution in [0.25, 0.3) is 0 Å². The maximum absolute atomic E-state index is 12.0. The minimum absolute atomic E-state index is 0.179. The summed E-state index contributed by atoms with van der Waals surface area (Å²) in [7, 11) is 1.38. The molecule has 0 atom stereocenters. The number of carbonyl (C=O) groups is 1. The Kier molecular flexibility index (Phi) is 3.75. The van der Waals surface area contributed by atoms with Gasteiger partial charge in [0.1, 0.15) is 0 Å². The SMILES string of the molecule is COC(=O)c1cc(C2CC2)ccc1Nc1cnc(Cl)nc1. The molecule has 0 saturated heterocycles. The molecule has 0 spiro atoms. The molecule has 1 fully saturated rings. The molecule has 0 amide bonds. The number of halogens is 1. The van der Waals surface area contributed by atoms with Crippen molar-refractivity contribution in [2.45, 2.75) is 18.8 Å². The molecule has 1 aliphatic rings. The topological polar surface area (TPSA) is 64.1 Å². The molecule has 1 N–H and O–H groups in total. The Labute approximate surface area is 127 Å². The van der Waals surface area contributed by atoms with Gasteiger partial charge in [-0.25, -0.2) is 14.8 Å². The highest BCUT2D eigenvalue weighted by Crippen LogP contribution is 2.41. The molecule has 0 bridgehead atoms. The van der Waals surface area contributed by atoms with Gasteiger partial charge in [0.15, 0.2) is 0 Å². The summed E-state index contributed by atoms with van der Waals surface area (Å²) in [6.45, 7) is 0. The van der Waals surface area contributed by atoms with E-state index in [1.807, 2.05) is 18.2 Å². The van der Waals surface area contributed by atoms with Crippen LogP contribution in [0, 0.1) is 0 Å². The molecule has 2 aromatic rings. The second kappa shape index (κ2) is 5.69. The highest BCUT2D eigenvalue weighted by Gasteiger charge is 2.25. The van der Waals surface area contributed by atoms with Crippen molar-refractivity contribution in [3.8, 4) is 0 Å². The molecule has 0 radical (unpaired) electrons. The molecule has 1 aliphatic carbocycles. The highest BCUT2D eigenvalue weighted by atomic mass is 35.5. The first-order valence-corrected chi connectivity index (χ1v) is 7.02. The summed E-state index contributed by atoms with van der Waals surface area (Å²) < 4.78 is 4.86. The zero-order chi connectivity index (χ0) is 14.8. The Morgan fingerprint density at radius 3 is 2.67 bits per heavy atom. The van der Waals surface area contributed by atoms with Gasteiger partial charge in [0, 0.05) is 0 Å². The normalized spacial score (nSPS) is 13.8. The lowest BCUT2D eigenvalue weighted by molar-refractivity contribution is 0.0602. The van der Waals surface area contributed by atoms with Crippen LogP contribution in [0.2, 0.25) is 5.28 Å². The Bertz CT molecular complexity index is 669. The fourth-order valence-electron chi connectivity index (χ4n) is 2.15. The summed E-state index contributed by atoms with van der Waals surface area (Å²) in [5, 5.41) is 3.30. The summed E-state index contributed by atoms with van der Waals surface area (Å²) in [6.07, 6.45) is 5.48. The van der Waals surface area contributed by atoms with E-state index in [0.29, 0.717) is 22.9 Å². The number of rotatable bonds is 4. The molecule has 5 nitrogen and oxygen atoms in total. The Morgan fingerprint density at radius 1 is 1.33 bits per heavy atom. The third-order valence-electron chi connectivity index (χ3n) is 3.40. The van der Waals surface area contributed by atoms with E-state index < -0.39 is 0 Å². The van der Waals surface area contributed by atoms with Crippen molar-refractivity contribution >= 4 is 28.9 Å². The fraction of sp³-hybridized carbons (Fsp3) is 0.267. The minimum Gasteiger partial charge on any atom is -0.465 e. The zero-order valence-electron chi connectivity index (χ0n) is 11.5. The maximum atomic E-state index is 12.0. The van der Waals surface area contributed by atoms with Gasteiger partial charge in [-0.05, 0) is 48.1 Å². The van der Waals surface area contributed by atoms with Crippen molar-refractivity contribution in [3.63, 3.8) is 0 Å². The molecule has 3 rings (SSSR count). The van der Waals surface area contributed by atoms with Gasteiger partial charge in [-0.2, -0.15) is 0 Å². The molecular formula is C15H14ClN3O2. The van der Waals surface area contributed by atoms with E-state index in [1.54, 1.807) is 12.4 Å². The predicted molar refractivity (Wildman–Crippen MR) is 80.1 cm³/mol. The van der Waals surface area contributed by atoms with Gasteiger partial charge in [0.05, 0.1) is 36.4 Å². The summed E-state index contributed by atoms with van der Waals surface area (Å²) in [5.41, 5.74) is 3.01. The van der Waals surface area contributed by atoms with Gasteiger partial charge >= 0.3 is 5.97 Å². The van der Waals surface area contributed by atoms with Crippen LogP contribution in [0.1, 0.15) is 34.7 Å². The molecule has 0 unspecified atom stereocenters. The van der Waals surface area contributed by atoms with Gasteiger partial charge < -0.3 is 10.1 Å². The molecule has 1 aromatic carbocycles. The first-order chi connectivity index (χ1) is 10.2. The third-order valence-corrected chi connectivity index (χ3v) is 3.59. The number of nitrogens with zero attached hydrogens (tertiary/aromatic N) is 2. The van der Waals surface area contributed by atoms with Gasteiger partial charge in [0.25, 0.3) is 0 Å². The van der Waals surface area contributed by atoms with Crippen LogP contribution in [0.15, 0.2) is 30.6 Å². The van der Waals surface area contributed by atoms with E-state index in [2.05, 4.69) is 15.3 Å². The second-order valence-electron chi connectivity index (χ2n) is 4.94. The molecular weight excluding hydrogens is 290 g/mol. The lowest BCUT2D eigenvalue weighted by Crippen LogP contribution is -2.06.